The molecule has 2 aliphatic rings. The second kappa shape index (κ2) is 6.68. The Morgan fingerprint density at radius 1 is 1.22 bits per heavy atom. The summed E-state index contributed by atoms with van der Waals surface area (Å²) < 4.78 is 0. The summed E-state index contributed by atoms with van der Waals surface area (Å²) in [6.07, 6.45) is 9.75. The number of aldehydes is 1. The number of carbonyl (C=O) groups excluding carboxylic acids is 1. The van der Waals surface area contributed by atoms with Gasteiger partial charge in [0.1, 0.15) is 6.29 Å². The molecule has 0 spiro atoms. The Morgan fingerprint density at radius 2 is 1.91 bits per heavy atom. The second-order valence-electron chi connectivity index (χ2n) is 8.76. The lowest BCUT2D eigenvalue weighted by atomic mass is 9.45. The van der Waals surface area contributed by atoms with Crippen molar-refractivity contribution in [3.63, 3.8) is 0 Å². The predicted octanol–water partition coefficient (Wildman–Crippen LogP) is 3.88. The van der Waals surface area contributed by atoms with E-state index in [4.69, 9.17) is 5.11 Å². The summed E-state index contributed by atoms with van der Waals surface area (Å²) in [6.45, 7) is 8.54. The molecular formula is C20H34O3. The standard InChI is InChI=1S/C20H34O3/c1-15(9-13-21)6-7-17-19(3)11-5-10-18(2,14-22)16(19)8-12-20(17,4)23/h9,14,16-17,21,23H,5-8,10-13H2,1-4H3/b15-9+/t16-,17+,18+,19-,20+/m0/s1. The highest BCUT2D eigenvalue weighted by Gasteiger charge is 2.58. The summed E-state index contributed by atoms with van der Waals surface area (Å²) in [6, 6.07) is 0. The first-order valence-corrected chi connectivity index (χ1v) is 9.15. The van der Waals surface area contributed by atoms with Crippen LogP contribution >= 0.6 is 0 Å². The van der Waals surface area contributed by atoms with Crippen LogP contribution in [0.1, 0.15) is 72.6 Å². The van der Waals surface area contributed by atoms with Gasteiger partial charge in [0, 0.05) is 5.41 Å². The minimum absolute atomic E-state index is 0.0230. The second-order valence-corrected chi connectivity index (χ2v) is 8.76. The maximum absolute atomic E-state index is 11.8. The lowest BCUT2D eigenvalue weighted by Gasteiger charge is -2.60. The lowest BCUT2D eigenvalue weighted by Crippen LogP contribution is -2.58. The zero-order valence-corrected chi connectivity index (χ0v) is 15.3. The van der Waals surface area contributed by atoms with Crippen molar-refractivity contribution in [3.8, 4) is 0 Å². The van der Waals surface area contributed by atoms with Crippen LogP contribution in [0.2, 0.25) is 0 Å². The average molecular weight is 322 g/mol. The molecule has 0 aromatic heterocycles. The van der Waals surface area contributed by atoms with Gasteiger partial charge in [-0.3, -0.25) is 0 Å². The fourth-order valence-electron chi connectivity index (χ4n) is 5.76. The van der Waals surface area contributed by atoms with Crippen LogP contribution < -0.4 is 0 Å². The highest BCUT2D eigenvalue weighted by molar-refractivity contribution is 5.60. The van der Waals surface area contributed by atoms with Crippen molar-refractivity contribution < 1.29 is 15.0 Å². The number of aliphatic hydroxyl groups excluding tert-OH is 1. The zero-order chi connectivity index (χ0) is 17.3. The van der Waals surface area contributed by atoms with Crippen LogP contribution in [-0.2, 0) is 4.79 Å². The Kier molecular flexibility index (Phi) is 5.42. The molecule has 2 aliphatic carbocycles. The summed E-state index contributed by atoms with van der Waals surface area (Å²) in [5, 5.41) is 20.1. The molecule has 2 fully saturated rings. The molecule has 0 aliphatic heterocycles. The Hall–Kier alpha value is -0.670. The first kappa shape index (κ1) is 18.7. The molecule has 3 nitrogen and oxygen atoms in total. The number of fused-ring (bicyclic) bond motifs is 1. The predicted molar refractivity (Wildman–Crippen MR) is 93.0 cm³/mol. The van der Waals surface area contributed by atoms with Crippen molar-refractivity contribution in [2.45, 2.75) is 78.2 Å². The molecule has 2 N–H and O–H groups in total. The van der Waals surface area contributed by atoms with Gasteiger partial charge in [0.05, 0.1) is 12.2 Å². The number of hydrogen-bond donors (Lipinski definition) is 2. The molecule has 0 saturated heterocycles. The van der Waals surface area contributed by atoms with Crippen molar-refractivity contribution in [2.24, 2.45) is 22.7 Å². The number of aliphatic hydroxyl groups is 2. The van der Waals surface area contributed by atoms with Gasteiger partial charge in [-0.2, -0.15) is 0 Å². The third-order valence-corrected chi connectivity index (χ3v) is 7.05. The third-order valence-electron chi connectivity index (χ3n) is 7.05. The van der Waals surface area contributed by atoms with Crippen molar-refractivity contribution >= 4 is 6.29 Å². The molecular weight excluding hydrogens is 288 g/mol. The van der Waals surface area contributed by atoms with Crippen LogP contribution in [-0.4, -0.2) is 28.7 Å². The van der Waals surface area contributed by atoms with Gasteiger partial charge >= 0.3 is 0 Å². The highest BCUT2D eigenvalue weighted by atomic mass is 16.3. The van der Waals surface area contributed by atoms with Gasteiger partial charge < -0.3 is 15.0 Å². The number of hydrogen-bond acceptors (Lipinski definition) is 3. The van der Waals surface area contributed by atoms with Gasteiger partial charge in [-0.05, 0) is 69.6 Å². The summed E-state index contributed by atoms with van der Waals surface area (Å²) in [4.78, 5) is 11.8. The van der Waals surface area contributed by atoms with Gasteiger partial charge in [0.15, 0.2) is 0 Å². The quantitative estimate of drug-likeness (QED) is 0.596. The molecule has 0 aromatic carbocycles. The number of carbonyl (C=O) groups is 1. The number of allylic oxidation sites excluding steroid dienone is 1. The van der Waals surface area contributed by atoms with Crippen LogP contribution in [0.3, 0.4) is 0 Å². The Balaban J connectivity index is 2.28. The molecule has 2 saturated carbocycles. The van der Waals surface area contributed by atoms with E-state index in [0.717, 1.165) is 44.9 Å². The highest BCUT2D eigenvalue weighted by Crippen LogP contribution is 2.62. The van der Waals surface area contributed by atoms with Gasteiger partial charge in [0.2, 0.25) is 0 Å². The minimum Gasteiger partial charge on any atom is -0.392 e. The Labute approximate surface area is 141 Å². The van der Waals surface area contributed by atoms with E-state index in [1.807, 2.05) is 19.9 Å². The zero-order valence-electron chi connectivity index (χ0n) is 15.3. The summed E-state index contributed by atoms with van der Waals surface area (Å²) in [7, 11) is 0. The molecule has 0 amide bonds. The molecule has 0 unspecified atom stereocenters. The molecule has 0 aromatic rings. The van der Waals surface area contributed by atoms with Gasteiger partial charge in [0.25, 0.3) is 0 Å². The molecule has 132 valence electrons. The fraction of sp³-hybridized carbons (Fsp3) is 0.850. The fourth-order valence-corrected chi connectivity index (χ4v) is 5.76. The molecule has 0 bridgehead atoms. The van der Waals surface area contributed by atoms with Crippen molar-refractivity contribution in [2.75, 3.05) is 6.61 Å². The molecule has 5 atom stereocenters. The molecule has 0 radical (unpaired) electrons. The van der Waals surface area contributed by atoms with Crippen LogP contribution in [0.15, 0.2) is 11.6 Å². The topological polar surface area (TPSA) is 57.5 Å². The lowest BCUT2D eigenvalue weighted by molar-refractivity contribution is -0.173. The smallest absolute Gasteiger partial charge is 0.126 e. The first-order chi connectivity index (χ1) is 10.7. The van der Waals surface area contributed by atoms with E-state index in [-0.39, 0.29) is 23.4 Å². The van der Waals surface area contributed by atoms with E-state index in [2.05, 4.69) is 13.8 Å². The van der Waals surface area contributed by atoms with E-state index in [0.29, 0.717) is 5.92 Å². The van der Waals surface area contributed by atoms with Crippen molar-refractivity contribution in [3.05, 3.63) is 11.6 Å². The minimum atomic E-state index is -0.661. The maximum Gasteiger partial charge on any atom is 0.126 e. The van der Waals surface area contributed by atoms with Gasteiger partial charge in [-0.15, -0.1) is 0 Å². The molecule has 23 heavy (non-hydrogen) atoms. The molecule has 2 rings (SSSR count). The first-order valence-electron chi connectivity index (χ1n) is 9.15. The van der Waals surface area contributed by atoms with Crippen LogP contribution in [0.4, 0.5) is 0 Å². The summed E-state index contributed by atoms with van der Waals surface area (Å²) >= 11 is 0. The van der Waals surface area contributed by atoms with E-state index < -0.39 is 5.60 Å². The van der Waals surface area contributed by atoms with Crippen molar-refractivity contribution in [1.82, 2.24) is 0 Å². The largest absolute Gasteiger partial charge is 0.392 e. The Morgan fingerprint density at radius 3 is 2.52 bits per heavy atom. The van der Waals surface area contributed by atoms with Crippen molar-refractivity contribution in [1.29, 1.82) is 0 Å². The summed E-state index contributed by atoms with van der Waals surface area (Å²) in [5.74, 6) is 0.573. The van der Waals surface area contributed by atoms with Gasteiger partial charge in [-0.25, -0.2) is 0 Å². The SMILES string of the molecule is C/C(=C\CO)CC[C@@H]1[C@@]2(C)CCC[C@](C)(C=O)[C@@H]2CC[C@@]1(C)O. The monoisotopic (exact) mass is 322 g/mol. The van der Waals surface area contributed by atoms with Gasteiger partial charge in [-0.1, -0.05) is 31.9 Å². The third kappa shape index (κ3) is 3.41. The van der Waals surface area contributed by atoms with E-state index >= 15 is 0 Å². The van der Waals surface area contributed by atoms with Crippen LogP contribution in [0, 0.1) is 22.7 Å². The molecule has 0 heterocycles. The maximum atomic E-state index is 11.8. The molecule has 3 heteroatoms. The van der Waals surface area contributed by atoms with E-state index in [1.165, 1.54) is 11.9 Å². The van der Waals surface area contributed by atoms with E-state index in [9.17, 15) is 9.90 Å². The number of rotatable bonds is 5. The normalized spacial score (nSPS) is 44.7. The summed E-state index contributed by atoms with van der Waals surface area (Å²) in [5.41, 5.74) is 0.307. The van der Waals surface area contributed by atoms with Crippen LogP contribution in [0.5, 0.6) is 0 Å². The van der Waals surface area contributed by atoms with Crippen LogP contribution in [0.25, 0.3) is 0 Å². The average Bonchev–Trinajstić information content (AvgIpc) is 2.46. The van der Waals surface area contributed by atoms with E-state index in [1.54, 1.807) is 0 Å². The Bertz CT molecular complexity index is 468.